The molecule has 2 aromatic rings. The Morgan fingerprint density at radius 3 is 2.22 bits per heavy atom. The van der Waals surface area contributed by atoms with Gasteiger partial charge in [-0.25, -0.2) is 4.39 Å². The third-order valence-corrected chi connectivity index (χ3v) is 5.49. The summed E-state index contributed by atoms with van der Waals surface area (Å²) in [5.74, 6) is 0.849. The molecule has 2 aromatic carbocycles. The minimum atomic E-state index is -0.190. The minimum Gasteiger partial charge on any atom is -0.495 e. The first-order valence-corrected chi connectivity index (χ1v) is 9.49. The molecule has 1 fully saturated rings. The molecule has 0 aromatic heterocycles. The normalized spacial score (nSPS) is 14.9. The van der Waals surface area contributed by atoms with E-state index in [-0.39, 0.29) is 11.7 Å². The lowest BCUT2D eigenvalue weighted by Crippen LogP contribution is -2.48. The van der Waals surface area contributed by atoms with Crippen LogP contribution in [0.1, 0.15) is 15.9 Å². The van der Waals surface area contributed by atoms with Crippen molar-refractivity contribution in [2.24, 2.45) is 0 Å². The van der Waals surface area contributed by atoms with Gasteiger partial charge in [-0.1, -0.05) is 18.2 Å². The predicted molar refractivity (Wildman–Crippen MR) is 105 cm³/mol. The highest BCUT2D eigenvalue weighted by Gasteiger charge is 2.24. The topological polar surface area (TPSA) is 42.0 Å². The van der Waals surface area contributed by atoms with E-state index < -0.39 is 0 Å². The molecule has 0 saturated carbocycles. The van der Waals surface area contributed by atoms with Gasteiger partial charge in [0, 0.05) is 43.9 Å². The van der Waals surface area contributed by atoms with Gasteiger partial charge in [-0.2, -0.15) is 0 Å². The standard InChI is InChI=1S/C20H22BrFN2O3/c1-26-17-11-15(12-18(27-2)19(17)21)20(25)24-9-7-23(8-10-24)13-14-5-3-4-6-16(14)22/h3-6,11-12H,7-10,13H2,1-2H3. The Hall–Kier alpha value is -2.12. The molecule has 27 heavy (non-hydrogen) atoms. The number of ether oxygens (including phenoxy) is 2. The summed E-state index contributed by atoms with van der Waals surface area (Å²) in [4.78, 5) is 16.9. The van der Waals surface area contributed by atoms with Crippen molar-refractivity contribution >= 4 is 21.8 Å². The smallest absolute Gasteiger partial charge is 0.254 e. The third kappa shape index (κ3) is 4.42. The first-order valence-electron chi connectivity index (χ1n) is 8.70. The number of amides is 1. The molecule has 0 aliphatic carbocycles. The Labute approximate surface area is 166 Å². The van der Waals surface area contributed by atoms with Crippen LogP contribution in [0.4, 0.5) is 4.39 Å². The molecule has 144 valence electrons. The highest BCUT2D eigenvalue weighted by atomic mass is 79.9. The number of rotatable bonds is 5. The van der Waals surface area contributed by atoms with Crippen LogP contribution in [0.15, 0.2) is 40.9 Å². The molecular formula is C20H22BrFN2O3. The monoisotopic (exact) mass is 436 g/mol. The van der Waals surface area contributed by atoms with E-state index >= 15 is 0 Å². The third-order valence-electron chi connectivity index (χ3n) is 4.70. The number of piperazine rings is 1. The predicted octanol–water partition coefficient (Wildman–Crippen LogP) is 3.56. The van der Waals surface area contributed by atoms with Gasteiger partial charge in [0.2, 0.25) is 0 Å². The van der Waals surface area contributed by atoms with Crippen LogP contribution < -0.4 is 9.47 Å². The van der Waals surface area contributed by atoms with Gasteiger partial charge in [0.25, 0.3) is 5.91 Å². The maximum atomic E-state index is 13.8. The van der Waals surface area contributed by atoms with Gasteiger partial charge in [-0.05, 0) is 34.1 Å². The zero-order valence-electron chi connectivity index (χ0n) is 15.4. The Bertz CT molecular complexity index is 798. The van der Waals surface area contributed by atoms with Crippen LogP contribution in [0.3, 0.4) is 0 Å². The van der Waals surface area contributed by atoms with Gasteiger partial charge < -0.3 is 14.4 Å². The van der Waals surface area contributed by atoms with Gasteiger partial charge in [0.15, 0.2) is 0 Å². The van der Waals surface area contributed by atoms with Crippen molar-refractivity contribution in [3.63, 3.8) is 0 Å². The Morgan fingerprint density at radius 2 is 1.67 bits per heavy atom. The number of hydrogen-bond acceptors (Lipinski definition) is 4. The van der Waals surface area contributed by atoms with Crippen molar-refractivity contribution in [1.29, 1.82) is 0 Å². The summed E-state index contributed by atoms with van der Waals surface area (Å²) in [6, 6.07) is 10.2. The van der Waals surface area contributed by atoms with Crippen molar-refractivity contribution in [3.8, 4) is 11.5 Å². The number of carbonyl (C=O) groups excluding carboxylic acids is 1. The van der Waals surface area contributed by atoms with Crippen molar-refractivity contribution in [1.82, 2.24) is 9.80 Å². The summed E-state index contributed by atoms with van der Waals surface area (Å²) in [5.41, 5.74) is 1.20. The summed E-state index contributed by atoms with van der Waals surface area (Å²) < 4.78 is 25.1. The lowest BCUT2D eigenvalue weighted by atomic mass is 10.1. The molecule has 0 radical (unpaired) electrons. The first kappa shape index (κ1) is 19.6. The van der Waals surface area contributed by atoms with Crippen LogP contribution in [0.5, 0.6) is 11.5 Å². The molecule has 0 atom stereocenters. The van der Waals surface area contributed by atoms with Crippen LogP contribution in [-0.2, 0) is 6.54 Å². The van der Waals surface area contributed by atoms with E-state index in [0.717, 1.165) is 0 Å². The fraction of sp³-hybridized carbons (Fsp3) is 0.350. The highest BCUT2D eigenvalue weighted by molar-refractivity contribution is 9.10. The molecule has 1 heterocycles. The van der Waals surface area contributed by atoms with Gasteiger partial charge in [-0.3, -0.25) is 9.69 Å². The number of benzene rings is 2. The molecule has 3 rings (SSSR count). The van der Waals surface area contributed by atoms with E-state index in [1.807, 2.05) is 6.07 Å². The summed E-state index contributed by atoms with van der Waals surface area (Å²) in [5, 5.41) is 0. The van der Waals surface area contributed by atoms with E-state index in [1.54, 1.807) is 43.4 Å². The fourth-order valence-electron chi connectivity index (χ4n) is 3.15. The van der Waals surface area contributed by atoms with Gasteiger partial charge in [-0.15, -0.1) is 0 Å². The maximum absolute atomic E-state index is 13.8. The second-order valence-corrected chi connectivity index (χ2v) is 7.15. The van der Waals surface area contributed by atoms with Crippen LogP contribution in [0.25, 0.3) is 0 Å². The van der Waals surface area contributed by atoms with E-state index in [9.17, 15) is 9.18 Å². The Kier molecular flexibility index (Phi) is 6.34. The van der Waals surface area contributed by atoms with Gasteiger partial charge >= 0.3 is 0 Å². The average Bonchev–Trinajstić information content (AvgIpc) is 2.70. The Balaban J connectivity index is 1.66. The summed E-state index contributed by atoms with van der Waals surface area (Å²) in [6.45, 7) is 3.13. The van der Waals surface area contributed by atoms with E-state index in [4.69, 9.17) is 9.47 Å². The van der Waals surface area contributed by atoms with E-state index in [0.29, 0.717) is 59.8 Å². The SMILES string of the molecule is COc1cc(C(=O)N2CCN(Cc3ccccc3F)CC2)cc(OC)c1Br. The number of carbonyl (C=O) groups is 1. The van der Waals surface area contributed by atoms with Crippen LogP contribution in [0, 0.1) is 5.82 Å². The largest absolute Gasteiger partial charge is 0.495 e. The number of nitrogens with zero attached hydrogens (tertiary/aromatic N) is 2. The van der Waals surface area contributed by atoms with Crippen molar-refractivity contribution in [2.45, 2.75) is 6.54 Å². The highest BCUT2D eigenvalue weighted by Crippen LogP contribution is 2.36. The van der Waals surface area contributed by atoms with Crippen LogP contribution in [0.2, 0.25) is 0 Å². The summed E-state index contributed by atoms with van der Waals surface area (Å²) >= 11 is 3.41. The molecule has 1 aliphatic heterocycles. The second kappa shape index (κ2) is 8.71. The summed E-state index contributed by atoms with van der Waals surface area (Å²) in [6.07, 6.45) is 0. The lowest BCUT2D eigenvalue weighted by molar-refractivity contribution is 0.0626. The van der Waals surface area contributed by atoms with Crippen LogP contribution in [-0.4, -0.2) is 56.1 Å². The molecule has 1 saturated heterocycles. The Morgan fingerprint density at radius 1 is 1.07 bits per heavy atom. The molecule has 0 bridgehead atoms. The second-order valence-electron chi connectivity index (χ2n) is 6.35. The molecule has 1 aliphatic rings. The van der Waals surface area contributed by atoms with Crippen molar-refractivity contribution in [2.75, 3.05) is 40.4 Å². The van der Waals surface area contributed by atoms with Gasteiger partial charge in [0.1, 0.15) is 21.8 Å². The minimum absolute atomic E-state index is 0.0651. The summed E-state index contributed by atoms with van der Waals surface area (Å²) in [7, 11) is 3.10. The van der Waals surface area contributed by atoms with E-state index in [2.05, 4.69) is 20.8 Å². The maximum Gasteiger partial charge on any atom is 0.254 e. The molecular weight excluding hydrogens is 415 g/mol. The molecule has 0 unspecified atom stereocenters. The zero-order chi connectivity index (χ0) is 19.4. The average molecular weight is 437 g/mol. The van der Waals surface area contributed by atoms with Crippen LogP contribution >= 0.6 is 15.9 Å². The molecule has 0 spiro atoms. The van der Waals surface area contributed by atoms with Gasteiger partial charge in [0.05, 0.1) is 14.2 Å². The van der Waals surface area contributed by atoms with Crippen molar-refractivity contribution < 1.29 is 18.7 Å². The molecule has 7 heteroatoms. The lowest BCUT2D eigenvalue weighted by Gasteiger charge is -2.35. The fourth-order valence-corrected chi connectivity index (χ4v) is 3.70. The zero-order valence-corrected chi connectivity index (χ0v) is 17.0. The molecule has 0 N–H and O–H groups in total. The number of hydrogen-bond donors (Lipinski definition) is 0. The molecule has 5 nitrogen and oxygen atoms in total. The number of halogens is 2. The van der Waals surface area contributed by atoms with E-state index in [1.165, 1.54) is 6.07 Å². The number of methoxy groups -OCH3 is 2. The molecule has 1 amide bonds. The van der Waals surface area contributed by atoms with Crippen molar-refractivity contribution in [3.05, 3.63) is 57.8 Å². The quantitative estimate of drug-likeness (QED) is 0.718. The first-order chi connectivity index (χ1) is 13.0.